The molecular weight excluding hydrogens is 165 g/mol. The van der Waals surface area contributed by atoms with Crippen LogP contribution in [0.4, 0.5) is 10.1 Å². The molecule has 1 aromatic rings. The van der Waals surface area contributed by atoms with E-state index in [4.69, 9.17) is 0 Å². The first-order valence-electron chi connectivity index (χ1n) is 4.43. The molecule has 0 aliphatic heterocycles. The summed E-state index contributed by atoms with van der Waals surface area (Å²) in [5.74, 6) is -0.200. The van der Waals surface area contributed by atoms with Gasteiger partial charge in [0.1, 0.15) is 5.82 Å². The lowest BCUT2D eigenvalue weighted by Gasteiger charge is -2.04. The number of hydrogen-bond acceptors (Lipinski definition) is 1. The van der Waals surface area contributed by atoms with Crippen LogP contribution < -0.4 is 5.32 Å². The van der Waals surface area contributed by atoms with Crippen LogP contribution in [0.2, 0.25) is 0 Å². The second kappa shape index (κ2) is 5.36. The van der Waals surface area contributed by atoms with Crippen LogP contribution in [0.5, 0.6) is 0 Å². The SMILES string of the molecule is C=CCCCNc1cccc(F)c1. The number of rotatable bonds is 5. The lowest BCUT2D eigenvalue weighted by Crippen LogP contribution is -2.00. The van der Waals surface area contributed by atoms with Gasteiger partial charge in [0.25, 0.3) is 0 Å². The van der Waals surface area contributed by atoms with Crippen LogP contribution in [0.1, 0.15) is 12.8 Å². The average molecular weight is 179 g/mol. The van der Waals surface area contributed by atoms with E-state index >= 15 is 0 Å². The van der Waals surface area contributed by atoms with Gasteiger partial charge in [-0.2, -0.15) is 0 Å². The van der Waals surface area contributed by atoms with Crippen molar-refractivity contribution in [1.29, 1.82) is 0 Å². The number of unbranched alkanes of at least 4 members (excludes halogenated alkanes) is 1. The van der Waals surface area contributed by atoms with Crippen LogP contribution in [-0.4, -0.2) is 6.54 Å². The van der Waals surface area contributed by atoms with Gasteiger partial charge in [0.2, 0.25) is 0 Å². The van der Waals surface area contributed by atoms with Gasteiger partial charge in [0.05, 0.1) is 0 Å². The summed E-state index contributed by atoms with van der Waals surface area (Å²) >= 11 is 0. The molecule has 0 radical (unpaired) electrons. The smallest absolute Gasteiger partial charge is 0.125 e. The lowest BCUT2D eigenvalue weighted by atomic mass is 10.3. The molecule has 0 fully saturated rings. The van der Waals surface area contributed by atoms with Crippen LogP contribution in [0.25, 0.3) is 0 Å². The molecule has 0 unspecified atom stereocenters. The van der Waals surface area contributed by atoms with E-state index < -0.39 is 0 Å². The molecule has 0 heterocycles. The van der Waals surface area contributed by atoms with E-state index in [1.807, 2.05) is 12.1 Å². The van der Waals surface area contributed by atoms with Gasteiger partial charge in [-0.05, 0) is 31.0 Å². The summed E-state index contributed by atoms with van der Waals surface area (Å²) in [5.41, 5.74) is 0.837. The third-order valence-electron chi connectivity index (χ3n) is 1.74. The van der Waals surface area contributed by atoms with Crippen molar-refractivity contribution in [3.8, 4) is 0 Å². The molecule has 0 atom stereocenters. The quantitative estimate of drug-likeness (QED) is 0.540. The number of hydrogen-bond donors (Lipinski definition) is 1. The van der Waals surface area contributed by atoms with Gasteiger partial charge in [-0.15, -0.1) is 6.58 Å². The highest BCUT2D eigenvalue weighted by Gasteiger charge is 1.92. The summed E-state index contributed by atoms with van der Waals surface area (Å²) in [7, 11) is 0. The van der Waals surface area contributed by atoms with Crippen molar-refractivity contribution in [2.24, 2.45) is 0 Å². The molecule has 0 saturated heterocycles. The number of nitrogens with one attached hydrogen (secondary N) is 1. The fraction of sp³-hybridized carbons (Fsp3) is 0.273. The summed E-state index contributed by atoms with van der Waals surface area (Å²) in [6.45, 7) is 4.49. The van der Waals surface area contributed by atoms with E-state index in [0.29, 0.717) is 0 Å². The largest absolute Gasteiger partial charge is 0.385 e. The van der Waals surface area contributed by atoms with Gasteiger partial charge in [0.15, 0.2) is 0 Å². The maximum Gasteiger partial charge on any atom is 0.125 e. The van der Waals surface area contributed by atoms with Gasteiger partial charge < -0.3 is 5.32 Å². The Morgan fingerprint density at radius 3 is 3.00 bits per heavy atom. The molecular formula is C11H14FN. The molecule has 0 bridgehead atoms. The molecule has 0 aromatic heterocycles. The van der Waals surface area contributed by atoms with Crippen molar-refractivity contribution in [1.82, 2.24) is 0 Å². The normalized spacial score (nSPS) is 9.62. The zero-order valence-electron chi connectivity index (χ0n) is 7.59. The highest BCUT2D eigenvalue weighted by Crippen LogP contribution is 2.08. The summed E-state index contributed by atoms with van der Waals surface area (Å²) < 4.78 is 12.7. The van der Waals surface area contributed by atoms with E-state index in [-0.39, 0.29) is 5.82 Å². The number of anilines is 1. The van der Waals surface area contributed by atoms with Gasteiger partial charge in [-0.1, -0.05) is 12.1 Å². The molecule has 0 aliphatic carbocycles. The molecule has 1 N–H and O–H groups in total. The fourth-order valence-electron chi connectivity index (χ4n) is 1.08. The van der Waals surface area contributed by atoms with E-state index in [1.54, 1.807) is 6.07 Å². The van der Waals surface area contributed by atoms with Gasteiger partial charge >= 0.3 is 0 Å². The van der Waals surface area contributed by atoms with Crippen LogP contribution in [0, 0.1) is 5.82 Å². The second-order valence-corrected chi connectivity index (χ2v) is 2.87. The minimum Gasteiger partial charge on any atom is -0.385 e. The molecule has 1 rings (SSSR count). The minimum absolute atomic E-state index is 0.200. The Hall–Kier alpha value is -1.31. The minimum atomic E-state index is -0.200. The van der Waals surface area contributed by atoms with E-state index in [1.165, 1.54) is 12.1 Å². The summed E-state index contributed by atoms with van der Waals surface area (Å²) in [5, 5.41) is 3.13. The maximum atomic E-state index is 12.7. The zero-order chi connectivity index (χ0) is 9.52. The summed E-state index contributed by atoms with van der Waals surface area (Å²) in [6, 6.07) is 6.49. The predicted octanol–water partition coefficient (Wildman–Crippen LogP) is 3.20. The third kappa shape index (κ3) is 3.74. The Balaban J connectivity index is 2.32. The zero-order valence-corrected chi connectivity index (χ0v) is 7.59. The second-order valence-electron chi connectivity index (χ2n) is 2.87. The summed E-state index contributed by atoms with van der Waals surface area (Å²) in [4.78, 5) is 0. The monoisotopic (exact) mass is 179 g/mol. The fourth-order valence-corrected chi connectivity index (χ4v) is 1.08. The van der Waals surface area contributed by atoms with E-state index in [9.17, 15) is 4.39 Å². The maximum absolute atomic E-state index is 12.7. The first-order valence-corrected chi connectivity index (χ1v) is 4.43. The van der Waals surface area contributed by atoms with Crippen molar-refractivity contribution in [3.63, 3.8) is 0 Å². The topological polar surface area (TPSA) is 12.0 Å². The Bertz CT molecular complexity index is 271. The standard InChI is InChI=1S/C11H14FN/c1-2-3-4-8-13-11-7-5-6-10(12)9-11/h2,5-7,9,13H,1,3-4,8H2. The van der Waals surface area contributed by atoms with E-state index in [0.717, 1.165) is 25.1 Å². The van der Waals surface area contributed by atoms with Gasteiger partial charge in [0, 0.05) is 12.2 Å². The van der Waals surface area contributed by atoms with Crippen LogP contribution in [0.3, 0.4) is 0 Å². The van der Waals surface area contributed by atoms with Crippen molar-refractivity contribution >= 4 is 5.69 Å². The highest BCUT2D eigenvalue weighted by molar-refractivity contribution is 5.42. The van der Waals surface area contributed by atoms with Crippen molar-refractivity contribution in [2.45, 2.75) is 12.8 Å². The molecule has 0 aliphatic rings. The predicted molar refractivity (Wildman–Crippen MR) is 54.3 cm³/mol. The van der Waals surface area contributed by atoms with Crippen LogP contribution in [-0.2, 0) is 0 Å². The van der Waals surface area contributed by atoms with Crippen molar-refractivity contribution < 1.29 is 4.39 Å². The molecule has 1 aromatic carbocycles. The first kappa shape index (κ1) is 9.78. The van der Waals surface area contributed by atoms with Crippen LogP contribution in [0.15, 0.2) is 36.9 Å². The Morgan fingerprint density at radius 2 is 2.31 bits per heavy atom. The molecule has 70 valence electrons. The number of allylic oxidation sites excluding steroid dienone is 1. The Morgan fingerprint density at radius 1 is 1.46 bits per heavy atom. The van der Waals surface area contributed by atoms with E-state index in [2.05, 4.69) is 11.9 Å². The van der Waals surface area contributed by atoms with Crippen molar-refractivity contribution in [3.05, 3.63) is 42.7 Å². The highest BCUT2D eigenvalue weighted by atomic mass is 19.1. The molecule has 2 heteroatoms. The average Bonchev–Trinajstić information content (AvgIpc) is 2.13. The van der Waals surface area contributed by atoms with Crippen LogP contribution >= 0.6 is 0 Å². The molecule has 0 amide bonds. The molecule has 13 heavy (non-hydrogen) atoms. The van der Waals surface area contributed by atoms with Gasteiger partial charge in [-0.3, -0.25) is 0 Å². The Kier molecular flexibility index (Phi) is 4.03. The van der Waals surface area contributed by atoms with Crippen molar-refractivity contribution in [2.75, 3.05) is 11.9 Å². The first-order chi connectivity index (χ1) is 6.33. The number of benzene rings is 1. The molecule has 0 saturated carbocycles. The Labute approximate surface area is 78.3 Å². The molecule has 1 nitrogen and oxygen atoms in total. The lowest BCUT2D eigenvalue weighted by molar-refractivity contribution is 0.628. The molecule has 0 spiro atoms. The summed E-state index contributed by atoms with van der Waals surface area (Å²) in [6.07, 6.45) is 3.90. The third-order valence-corrected chi connectivity index (χ3v) is 1.74. The van der Waals surface area contributed by atoms with Gasteiger partial charge in [-0.25, -0.2) is 4.39 Å². The number of halogens is 1.